The summed E-state index contributed by atoms with van der Waals surface area (Å²) in [5.74, 6) is 1.95. The Morgan fingerprint density at radius 3 is 2.64 bits per heavy atom. The van der Waals surface area contributed by atoms with Crippen molar-refractivity contribution in [2.45, 2.75) is 0 Å². The van der Waals surface area contributed by atoms with Crippen molar-refractivity contribution in [2.75, 3.05) is 16.3 Å². The van der Waals surface area contributed by atoms with Gasteiger partial charge in [-0.2, -0.15) is 0 Å². The summed E-state index contributed by atoms with van der Waals surface area (Å²) < 4.78 is 42.0. The average Bonchev–Trinajstić information content (AvgIpc) is 2.48. The smallest absolute Gasteiger partial charge is 0.144 e. The third-order valence-corrected chi connectivity index (χ3v) is 3.90. The zero-order chi connectivity index (χ0) is 18.2. The molecule has 0 radical (unpaired) electrons. The minimum absolute atomic E-state index is 0.0726. The van der Waals surface area contributed by atoms with Crippen molar-refractivity contribution < 1.29 is 18.1 Å². The first kappa shape index (κ1) is 16.9. The van der Waals surface area contributed by atoms with Crippen molar-refractivity contribution in [1.29, 1.82) is 0 Å². The zero-order valence-corrected chi connectivity index (χ0v) is 13.9. The second kappa shape index (κ2) is 6.17. The standard InChI is InChI=1S/C16H14F2N4O2S/c1-25(2,24)22-10-6-11(18)15-13(7-10)19-8-20-16(15)21-12-4-3-9(17)5-14(12)23/h3-8,23H,1H2,2H3,(H,22,24)(H,19,20,21). The highest BCUT2D eigenvalue weighted by molar-refractivity contribution is 8.00. The minimum Gasteiger partial charge on any atom is -0.506 e. The van der Waals surface area contributed by atoms with Gasteiger partial charge in [0.15, 0.2) is 0 Å². The van der Waals surface area contributed by atoms with Gasteiger partial charge in [-0.3, -0.25) is 0 Å². The second-order valence-corrected chi connectivity index (χ2v) is 7.68. The molecule has 3 rings (SSSR count). The van der Waals surface area contributed by atoms with Crippen molar-refractivity contribution >= 4 is 43.7 Å². The molecule has 0 bridgehead atoms. The van der Waals surface area contributed by atoms with E-state index >= 15 is 0 Å². The Labute approximate surface area is 142 Å². The lowest BCUT2D eigenvalue weighted by atomic mass is 10.2. The zero-order valence-electron chi connectivity index (χ0n) is 13.1. The number of hydrogen-bond acceptors (Lipinski definition) is 5. The van der Waals surface area contributed by atoms with Gasteiger partial charge in [0.05, 0.1) is 22.3 Å². The van der Waals surface area contributed by atoms with E-state index in [1.54, 1.807) is 0 Å². The Morgan fingerprint density at radius 1 is 1.20 bits per heavy atom. The largest absolute Gasteiger partial charge is 0.506 e. The first-order valence-corrected chi connectivity index (χ1v) is 9.16. The van der Waals surface area contributed by atoms with Gasteiger partial charge in [0.25, 0.3) is 0 Å². The highest BCUT2D eigenvalue weighted by Crippen LogP contribution is 2.31. The van der Waals surface area contributed by atoms with Crippen LogP contribution >= 0.6 is 0 Å². The van der Waals surface area contributed by atoms with Gasteiger partial charge in [-0.15, -0.1) is 0 Å². The molecule has 25 heavy (non-hydrogen) atoms. The number of fused-ring (bicyclic) bond motifs is 1. The van der Waals surface area contributed by atoms with Crippen LogP contribution in [-0.4, -0.2) is 31.4 Å². The van der Waals surface area contributed by atoms with E-state index < -0.39 is 21.3 Å². The van der Waals surface area contributed by atoms with Crippen molar-refractivity contribution in [3.8, 4) is 5.75 Å². The second-order valence-electron chi connectivity index (χ2n) is 5.47. The molecule has 0 amide bonds. The number of rotatable bonds is 4. The Morgan fingerprint density at radius 2 is 1.96 bits per heavy atom. The third-order valence-electron chi connectivity index (χ3n) is 3.24. The van der Waals surface area contributed by atoms with Crippen LogP contribution in [0.5, 0.6) is 5.75 Å². The topological polar surface area (TPSA) is 87.1 Å². The van der Waals surface area contributed by atoms with Gasteiger partial charge < -0.3 is 15.1 Å². The molecule has 0 saturated carbocycles. The maximum absolute atomic E-state index is 14.6. The number of aromatic nitrogens is 2. The van der Waals surface area contributed by atoms with E-state index in [1.165, 1.54) is 24.7 Å². The maximum atomic E-state index is 14.6. The van der Waals surface area contributed by atoms with E-state index in [2.05, 4.69) is 25.9 Å². The van der Waals surface area contributed by atoms with Crippen molar-refractivity contribution in [3.63, 3.8) is 0 Å². The van der Waals surface area contributed by atoms with Crippen LogP contribution < -0.4 is 10.0 Å². The van der Waals surface area contributed by atoms with Gasteiger partial charge in [0, 0.05) is 22.0 Å². The lowest BCUT2D eigenvalue weighted by molar-refractivity contribution is 0.471. The van der Waals surface area contributed by atoms with Crippen LogP contribution in [0.4, 0.5) is 26.0 Å². The van der Waals surface area contributed by atoms with Crippen LogP contribution in [-0.2, 0) is 9.71 Å². The number of hydrogen-bond donors (Lipinski definition) is 3. The first-order chi connectivity index (χ1) is 11.7. The number of anilines is 3. The molecule has 0 saturated heterocycles. The molecule has 0 aliphatic heterocycles. The third kappa shape index (κ3) is 3.77. The van der Waals surface area contributed by atoms with E-state index in [-0.39, 0.29) is 33.8 Å². The van der Waals surface area contributed by atoms with Crippen LogP contribution in [0.2, 0.25) is 0 Å². The molecule has 3 N–H and O–H groups in total. The molecule has 3 aromatic rings. The highest BCUT2D eigenvalue weighted by Gasteiger charge is 2.13. The first-order valence-electron chi connectivity index (χ1n) is 7.03. The Bertz CT molecular complexity index is 1070. The average molecular weight is 364 g/mol. The molecule has 130 valence electrons. The van der Waals surface area contributed by atoms with Gasteiger partial charge in [0.1, 0.15) is 29.5 Å². The van der Waals surface area contributed by atoms with Gasteiger partial charge in [-0.25, -0.2) is 23.0 Å². The highest BCUT2D eigenvalue weighted by atomic mass is 32.2. The summed E-state index contributed by atoms with van der Waals surface area (Å²) in [6.45, 7) is 0. The Kier molecular flexibility index (Phi) is 4.17. The molecule has 0 fully saturated rings. The molecule has 0 aliphatic carbocycles. The molecule has 1 aromatic heterocycles. The fourth-order valence-electron chi connectivity index (χ4n) is 2.28. The SMILES string of the molecule is C=S(C)(=O)Nc1cc(F)c2c(Nc3ccc(F)cc3O)ncnc2c1. The number of benzene rings is 2. The van der Waals surface area contributed by atoms with E-state index in [1.807, 2.05) is 0 Å². The van der Waals surface area contributed by atoms with Crippen molar-refractivity contribution in [2.24, 2.45) is 0 Å². The van der Waals surface area contributed by atoms with Gasteiger partial charge in [-0.05, 0) is 30.1 Å². The molecule has 1 atom stereocenters. The summed E-state index contributed by atoms with van der Waals surface area (Å²) >= 11 is 0. The molecule has 0 aliphatic rings. The Balaban J connectivity index is 2.07. The predicted octanol–water partition coefficient (Wildman–Crippen LogP) is 3.03. The summed E-state index contributed by atoms with van der Waals surface area (Å²) in [5.41, 5.74) is 0.685. The summed E-state index contributed by atoms with van der Waals surface area (Å²) in [6.07, 6.45) is 2.60. The minimum atomic E-state index is -2.58. The summed E-state index contributed by atoms with van der Waals surface area (Å²) in [4.78, 5) is 7.98. The fraction of sp³-hybridized carbons (Fsp3) is 0.0625. The molecule has 0 spiro atoms. The fourth-order valence-corrected chi connectivity index (χ4v) is 2.90. The monoisotopic (exact) mass is 364 g/mol. The molecule has 1 unspecified atom stereocenters. The molecule has 9 heteroatoms. The van der Waals surface area contributed by atoms with Crippen LogP contribution in [0.15, 0.2) is 36.7 Å². The quantitative estimate of drug-likeness (QED) is 0.489. The van der Waals surface area contributed by atoms with E-state index in [0.717, 1.165) is 18.2 Å². The summed E-state index contributed by atoms with van der Waals surface area (Å²) in [6, 6.07) is 6.04. The molecule has 6 nitrogen and oxygen atoms in total. The molecular formula is C16H14F2N4O2S. The van der Waals surface area contributed by atoms with Crippen molar-refractivity contribution in [3.05, 3.63) is 48.3 Å². The summed E-state index contributed by atoms with van der Waals surface area (Å²) in [5, 5.41) is 12.6. The van der Waals surface area contributed by atoms with Gasteiger partial charge in [-0.1, -0.05) is 0 Å². The molecule has 1 heterocycles. The van der Waals surface area contributed by atoms with E-state index in [9.17, 15) is 18.1 Å². The number of aromatic hydroxyl groups is 1. The number of nitrogens with zero attached hydrogens (tertiary/aromatic N) is 2. The maximum Gasteiger partial charge on any atom is 0.144 e. The number of nitrogens with one attached hydrogen (secondary N) is 2. The van der Waals surface area contributed by atoms with Crippen LogP contribution in [0.1, 0.15) is 0 Å². The number of phenols is 1. The summed E-state index contributed by atoms with van der Waals surface area (Å²) in [7, 11) is -2.58. The van der Waals surface area contributed by atoms with Crippen molar-refractivity contribution in [1.82, 2.24) is 9.97 Å². The van der Waals surface area contributed by atoms with Crippen LogP contribution in [0.3, 0.4) is 0 Å². The van der Waals surface area contributed by atoms with Crippen LogP contribution in [0, 0.1) is 11.6 Å². The van der Waals surface area contributed by atoms with Gasteiger partial charge >= 0.3 is 0 Å². The lowest BCUT2D eigenvalue weighted by Gasteiger charge is -2.12. The predicted molar refractivity (Wildman–Crippen MR) is 95.7 cm³/mol. The van der Waals surface area contributed by atoms with Gasteiger partial charge in [0.2, 0.25) is 0 Å². The number of phenolic OH excluding ortho intramolecular Hbond substituents is 1. The number of halogens is 2. The molecular weight excluding hydrogens is 350 g/mol. The normalized spacial score (nSPS) is 13.4. The Hall–Kier alpha value is -2.94. The lowest BCUT2D eigenvalue weighted by Crippen LogP contribution is -2.09. The van der Waals surface area contributed by atoms with Crippen LogP contribution in [0.25, 0.3) is 10.9 Å². The molecule has 2 aromatic carbocycles. The van der Waals surface area contributed by atoms with E-state index in [4.69, 9.17) is 0 Å². The van der Waals surface area contributed by atoms with E-state index in [0.29, 0.717) is 0 Å².